The Balaban J connectivity index is 2.74. The number of hydrogen-bond donors (Lipinski definition) is 0. The lowest BCUT2D eigenvalue weighted by Crippen LogP contribution is -2.15. The summed E-state index contributed by atoms with van der Waals surface area (Å²) in [5.41, 5.74) is 0.205. The Morgan fingerprint density at radius 1 is 1.56 bits per heavy atom. The molecule has 1 aromatic carbocycles. The summed E-state index contributed by atoms with van der Waals surface area (Å²) < 4.78 is 18.0. The first-order valence-electron chi connectivity index (χ1n) is 5.06. The van der Waals surface area contributed by atoms with Crippen molar-refractivity contribution in [2.24, 2.45) is 0 Å². The molecule has 2 nitrogen and oxygen atoms in total. The summed E-state index contributed by atoms with van der Waals surface area (Å²) in [6.07, 6.45) is 0.183. The minimum atomic E-state index is -0.547. The van der Waals surface area contributed by atoms with Gasteiger partial charge >= 0.3 is 5.97 Å². The molecular weight excluding hydrogens is 207 g/mol. The summed E-state index contributed by atoms with van der Waals surface area (Å²) in [6, 6.07) is 5.41. The Bertz CT molecular complexity index is 429. The zero-order chi connectivity index (χ0) is 12.0. The molecule has 0 saturated carbocycles. The van der Waals surface area contributed by atoms with Crippen molar-refractivity contribution in [3.63, 3.8) is 0 Å². The van der Waals surface area contributed by atoms with Gasteiger partial charge in [0.15, 0.2) is 6.10 Å². The lowest BCUT2D eigenvalue weighted by Gasteiger charge is -2.09. The number of hydrogen-bond acceptors (Lipinski definition) is 2. The maximum absolute atomic E-state index is 12.9. The van der Waals surface area contributed by atoms with Crippen LogP contribution < -0.4 is 0 Å². The maximum Gasteiger partial charge on any atom is 0.339 e. The molecular formula is C13H13FO2. The highest BCUT2D eigenvalue weighted by Crippen LogP contribution is 2.08. The Labute approximate surface area is 94.4 Å². The fourth-order valence-corrected chi connectivity index (χ4v) is 1.19. The molecule has 0 amide bonds. The Kier molecular flexibility index (Phi) is 4.53. The Hall–Kier alpha value is -1.82. The molecule has 0 saturated heterocycles. The van der Waals surface area contributed by atoms with Crippen LogP contribution in [-0.2, 0) is 4.74 Å². The minimum Gasteiger partial charge on any atom is -0.446 e. The summed E-state index contributed by atoms with van der Waals surface area (Å²) in [4.78, 5) is 11.6. The van der Waals surface area contributed by atoms with Crippen molar-refractivity contribution in [3.05, 3.63) is 35.6 Å². The first kappa shape index (κ1) is 12.3. The van der Waals surface area contributed by atoms with E-state index in [1.54, 1.807) is 6.92 Å². The molecule has 0 aliphatic heterocycles. The second-order valence-corrected chi connectivity index (χ2v) is 3.21. The molecule has 0 N–H and O–H groups in total. The lowest BCUT2D eigenvalue weighted by atomic mass is 10.2. The van der Waals surface area contributed by atoms with E-state index in [1.807, 2.05) is 6.92 Å². The van der Waals surface area contributed by atoms with Gasteiger partial charge < -0.3 is 4.74 Å². The van der Waals surface area contributed by atoms with Crippen molar-refractivity contribution in [2.45, 2.75) is 26.4 Å². The summed E-state index contributed by atoms with van der Waals surface area (Å²) >= 11 is 0. The quantitative estimate of drug-likeness (QED) is 0.578. The third-order valence-corrected chi connectivity index (χ3v) is 1.99. The van der Waals surface area contributed by atoms with Crippen LogP contribution in [0.25, 0.3) is 0 Å². The van der Waals surface area contributed by atoms with E-state index in [4.69, 9.17) is 4.74 Å². The van der Waals surface area contributed by atoms with Crippen LogP contribution in [-0.4, -0.2) is 12.1 Å². The van der Waals surface area contributed by atoms with Crippen LogP contribution in [0, 0.1) is 17.7 Å². The molecule has 0 aliphatic rings. The van der Waals surface area contributed by atoms with Crippen molar-refractivity contribution in [1.29, 1.82) is 0 Å². The van der Waals surface area contributed by atoms with Crippen molar-refractivity contribution >= 4 is 5.97 Å². The molecule has 16 heavy (non-hydrogen) atoms. The number of ether oxygens (including phenoxy) is 1. The second kappa shape index (κ2) is 5.92. The standard InChI is InChI=1S/C13H13FO2/c1-3-6-12(4-2)16-13(15)10-7-5-8-11(14)9-10/h5,7-9,12H,4H2,1-2H3. The van der Waals surface area contributed by atoms with Gasteiger partial charge in [-0.25, -0.2) is 9.18 Å². The molecule has 0 aliphatic carbocycles. The van der Waals surface area contributed by atoms with Gasteiger partial charge in [0.2, 0.25) is 0 Å². The number of benzene rings is 1. The molecule has 1 rings (SSSR count). The molecule has 0 radical (unpaired) electrons. The van der Waals surface area contributed by atoms with Crippen LogP contribution >= 0.6 is 0 Å². The molecule has 0 bridgehead atoms. The Morgan fingerprint density at radius 3 is 2.88 bits per heavy atom. The van der Waals surface area contributed by atoms with Crippen LogP contribution in [0.3, 0.4) is 0 Å². The van der Waals surface area contributed by atoms with Crippen LogP contribution in [0.2, 0.25) is 0 Å². The highest BCUT2D eigenvalue weighted by molar-refractivity contribution is 5.89. The van der Waals surface area contributed by atoms with Crippen LogP contribution in [0.4, 0.5) is 4.39 Å². The van der Waals surface area contributed by atoms with Gasteiger partial charge in [-0.05, 0) is 31.5 Å². The number of halogens is 1. The molecule has 1 unspecified atom stereocenters. The normalized spacial score (nSPS) is 11.2. The average molecular weight is 220 g/mol. The number of esters is 1. The van der Waals surface area contributed by atoms with Crippen molar-refractivity contribution in [1.82, 2.24) is 0 Å². The van der Waals surface area contributed by atoms with E-state index in [0.717, 1.165) is 6.07 Å². The highest BCUT2D eigenvalue weighted by atomic mass is 19.1. The van der Waals surface area contributed by atoms with Gasteiger partial charge in [-0.3, -0.25) is 0 Å². The van der Waals surface area contributed by atoms with E-state index in [-0.39, 0.29) is 5.56 Å². The van der Waals surface area contributed by atoms with Crippen LogP contribution in [0.1, 0.15) is 30.6 Å². The number of carbonyl (C=O) groups is 1. The van der Waals surface area contributed by atoms with Gasteiger partial charge in [-0.15, -0.1) is 5.92 Å². The lowest BCUT2D eigenvalue weighted by molar-refractivity contribution is 0.0404. The first-order chi connectivity index (χ1) is 7.67. The average Bonchev–Trinajstić information content (AvgIpc) is 2.28. The minimum absolute atomic E-state index is 0.205. The maximum atomic E-state index is 12.9. The van der Waals surface area contributed by atoms with E-state index >= 15 is 0 Å². The van der Waals surface area contributed by atoms with Gasteiger partial charge in [0.25, 0.3) is 0 Å². The molecule has 84 valence electrons. The summed E-state index contributed by atoms with van der Waals surface area (Å²) in [6.45, 7) is 3.55. The van der Waals surface area contributed by atoms with Crippen LogP contribution in [0.15, 0.2) is 24.3 Å². The third-order valence-electron chi connectivity index (χ3n) is 1.99. The Morgan fingerprint density at radius 2 is 2.31 bits per heavy atom. The van der Waals surface area contributed by atoms with E-state index in [9.17, 15) is 9.18 Å². The van der Waals surface area contributed by atoms with Crippen molar-refractivity contribution < 1.29 is 13.9 Å². The fraction of sp³-hybridized carbons (Fsp3) is 0.308. The van der Waals surface area contributed by atoms with E-state index < -0.39 is 17.9 Å². The predicted octanol–water partition coefficient (Wildman–Crippen LogP) is 2.78. The van der Waals surface area contributed by atoms with Gasteiger partial charge in [0.1, 0.15) is 5.82 Å². The largest absolute Gasteiger partial charge is 0.446 e. The molecule has 1 atom stereocenters. The topological polar surface area (TPSA) is 26.3 Å². The molecule has 0 spiro atoms. The molecule has 3 heteroatoms. The van der Waals surface area contributed by atoms with Gasteiger partial charge in [-0.1, -0.05) is 18.9 Å². The predicted molar refractivity (Wildman–Crippen MR) is 59.3 cm³/mol. The van der Waals surface area contributed by atoms with E-state index in [2.05, 4.69) is 11.8 Å². The highest BCUT2D eigenvalue weighted by Gasteiger charge is 2.12. The number of rotatable bonds is 3. The van der Waals surface area contributed by atoms with E-state index in [0.29, 0.717) is 6.42 Å². The van der Waals surface area contributed by atoms with E-state index in [1.165, 1.54) is 18.2 Å². The zero-order valence-corrected chi connectivity index (χ0v) is 9.29. The van der Waals surface area contributed by atoms with Gasteiger partial charge in [-0.2, -0.15) is 0 Å². The smallest absolute Gasteiger partial charge is 0.339 e. The molecule has 0 aromatic heterocycles. The summed E-state index contributed by atoms with van der Waals surface area (Å²) in [5, 5.41) is 0. The zero-order valence-electron chi connectivity index (χ0n) is 9.29. The molecule has 0 heterocycles. The van der Waals surface area contributed by atoms with Crippen molar-refractivity contribution in [3.8, 4) is 11.8 Å². The van der Waals surface area contributed by atoms with Gasteiger partial charge in [0, 0.05) is 0 Å². The first-order valence-corrected chi connectivity index (χ1v) is 5.06. The monoisotopic (exact) mass is 220 g/mol. The van der Waals surface area contributed by atoms with Gasteiger partial charge in [0.05, 0.1) is 5.56 Å². The third kappa shape index (κ3) is 3.39. The second-order valence-electron chi connectivity index (χ2n) is 3.21. The van der Waals surface area contributed by atoms with Crippen LogP contribution in [0.5, 0.6) is 0 Å². The SMILES string of the molecule is CC#CC(CC)OC(=O)c1cccc(F)c1. The fourth-order valence-electron chi connectivity index (χ4n) is 1.19. The van der Waals surface area contributed by atoms with Crippen molar-refractivity contribution in [2.75, 3.05) is 0 Å². The molecule has 0 fully saturated rings. The summed E-state index contributed by atoms with van der Waals surface area (Å²) in [5.74, 6) is 4.44. The number of carbonyl (C=O) groups excluding carboxylic acids is 1. The molecule has 1 aromatic rings. The summed E-state index contributed by atoms with van der Waals surface area (Å²) in [7, 11) is 0.